The first-order valence-electron chi connectivity index (χ1n) is 8.66. The average Bonchev–Trinajstić information content (AvgIpc) is 2.91. The average molecular weight is 310 g/mol. The van der Waals surface area contributed by atoms with Crippen LogP contribution in [0.3, 0.4) is 0 Å². The molecule has 0 N–H and O–H groups in total. The number of para-hydroxylation sites is 1. The van der Waals surface area contributed by atoms with Crippen LogP contribution in [-0.4, -0.2) is 23.2 Å². The zero-order valence-electron chi connectivity index (χ0n) is 14.7. The number of rotatable bonds is 1. The summed E-state index contributed by atoms with van der Waals surface area (Å²) in [5, 5.41) is 0. The second kappa shape index (κ2) is 6.19. The molecule has 0 saturated heterocycles. The van der Waals surface area contributed by atoms with Crippen molar-refractivity contribution in [2.24, 2.45) is 5.92 Å². The molecule has 2 aliphatic heterocycles. The number of anilines is 3. The van der Waals surface area contributed by atoms with Gasteiger partial charge in [0.05, 0.1) is 0 Å². The van der Waals surface area contributed by atoms with Gasteiger partial charge in [-0.15, -0.1) is 0 Å². The summed E-state index contributed by atoms with van der Waals surface area (Å²) in [6.45, 7) is 8.63. The molecular weight excluding hydrogens is 284 g/mol. The van der Waals surface area contributed by atoms with Crippen molar-refractivity contribution in [1.29, 1.82) is 0 Å². The van der Waals surface area contributed by atoms with E-state index in [2.05, 4.69) is 64.9 Å². The normalized spacial score (nSPS) is 24.3. The minimum absolute atomic E-state index is 0.317. The molecular formula is C19H26N4. The van der Waals surface area contributed by atoms with Gasteiger partial charge in [0.2, 0.25) is 0 Å². The summed E-state index contributed by atoms with van der Waals surface area (Å²) in [6, 6.07) is 8.72. The Morgan fingerprint density at radius 2 is 1.70 bits per heavy atom. The third-order valence-corrected chi connectivity index (χ3v) is 5.07. The molecule has 1 aromatic heterocycles. The third kappa shape index (κ3) is 2.19. The van der Waals surface area contributed by atoms with E-state index >= 15 is 0 Å². The van der Waals surface area contributed by atoms with E-state index in [4.69, 9.17) is 0 Å². The van der Waals surface area contributed by atoms with E-state index < -0.39 is 0 Å². The van der Waals surface area contributed by atoms with Crippen LogP contribution in [0.5, 0.6) is 0 Å². The van der Waals surface area contributed by atoms with E-state index in [1.54, 1.807) is 12.4 Å². The number of aromatic nitrogens is 2. The van der Waals surface area contributed by atoms with Crippen molar-refractivity contribution in [2.45, 2.75) is 46.2 Å². The molecule has 23 heavy (non-hydrogen) atoms. The highest BCUT2D eigenvalue weighted by atomic mass is 15.5. The molecule has 3 heterocycles. The molecule has 2 aliphatic rings. The van der Waals surface area contributed by atoms with Crippen LogP contribution < -0.4 is 9.80 Å². The second-order valence-corrected chi connectivity index (χ2v) is 6.02. The standard InChI is InChI=1S/C17H20N4.C2H6/c1-4-12-11(2)13-7-5-6-8-14(13)21-16-15(18-9-10-19-16)20(3)17(12)21;1-2/h5-12,17H,4H2,1-3H3;1-2H3/t11-,12?,17?;/m0./s1. The Kier molecular flexibility index (Phi) is 4.24. The van der Waals surface area contributed by atoms with E-state index in [0.29, 0.717) is 18.0 Å². The van der Waals surface area contributed by atoms with Crippen LogP contribution in [-0.2, 0) is 0 Å². The maximum absolute atomic E-state index is 4.61. The fraction of sp³-hybridized carbons (Fsp3) is 0.474. The minimum atomic E-state index is 0.317. The Hall–Kier alpha value is -2.10. The highest BCUT2D eigenvalue weighted by molar-refractivity contribution is 5.80. The lowest BCUT2D eigenvalue weighted by molar-refractivity contribution is 0.339. The molecule has 1 aromatic carbocycles. The maximum Gasteiger partial charge on any atom is 0.178 e. The van der Waals surface area contributed by atoms with Gasteiger partial charge in [-0.05, 0) is 24.0 Å². The van der Waals surface area contributed by atoms with Crippen molar-refractivity contribution in [3.05, 3.63) is 42.2 Å². The van der Waals surface area contributed by atoms with Crippen molar-refractivity contribution in [3.8, 4) is 0 Å². The van der Waals surface area contributed by atoms with Gasteiger partial charge in [-0.3, -0.25) is 0 Å². The molecule has 0 saturated carbocycles. The van der Waals surface area contributed by atoms with Crippen LogP contribution in [0.1, 0.15) is 45.6 Å². The van der Waals surface area contributed by atoms with Crippen molar-refractivity contribution < 1.29 is 0 Å². The topological polar surface area (TPSA) is 32.3 Å². The van der Waals surface area contributed by atoms with Crippen LogP contribution >= 0.6 is 0 Å². The second-order valence-electron chi connectivity index (χ2n) is 6.02. The highest BCUT2D eigenvalue weighted by Crippen LogP contribution is 2.52. The van der Waals surface area contributed by atoms with Crippen LogP contribution in [0.2, 0.25) is 0 Å². The number of hydrogen-bond donors (Lipinski definition) is 0. The zero-order valence-corrected chi connectivity index (χ0v) is 14.7. The smallest absolute Gasteiger partial charge is 0.178 e. The van der Waals surface area contributed by atoms with E-state index in [9.17, 15) is 0 Å². The van der Waals surface area contributed by atoms with E-state index in [-0.39, 0.29) is 0 Å². The van der Waals surface area contributed by atoms with Crippen molar-refractivity contribution >= 4 is 17.3 Å². The molecule has 0 fully saturated rings. The lowest BCUT2D eigenvalue weighted by atomic mass is 9.79. The molecule has 2 aromatic rings. The molecule has 2 unspecified atom stereocenters. The molecule has 0 bridgehead atoms. The van der Waals surface area contributed by atoms with Crippen LogP contribution in [0.4, 0.5) is 17.3 Å². The first-order chi connectivity index (χ1) is 11.2. The largest absolute Gasteiger partial charge is 0.335 e. The van der Waals surface area contributed by atoms with E-state index in [1.807, 2.05) is 13.8 Å². The minimum Gasteiger partial charge on any atom is -0.335 e. The number of fused-ring (bicyclic) bond motifs is 5. The monoisotopic (exact) mass is 310 g/mol. The van der Waals surface area contributed by atoms with E-state index in [0.717, 1.165) is 18.1 Å². The Morgan fingerprint density at radius 3 is 2.39 bits per heavy atom. The zero-order chi connectivity index (χ0) is 16.6. The molecule has 4 nitrogen and oxygen atoms in total. The summed E-state index contributed by atoms with van der Waals surface area (Å²) in [5.41, 5.74) is 2.71. The lowest BCUT2D eigenvalue weighted by Gasteiger charge is -2.44. The first kappa shape index (κ1) is 15.8. The predicted molar refractivity (Wildman–Crippen MR) is 96.3 cm³/mol. The molecule has 122 valence electrons. The highest BCUT2D eigenvalue weighted by Gasteiger charge is 2.47. The molecule has 4 heteroatoms. The van der Waals surface area contributed by atoms with Crippen LogP contribution in [0.25, 0.3) is 0 Å². The van der Waals surface area contributed by atoms with Gasteiger partial charge in [-0.25, -0.2) is 9.97 Å². The summed E-state index contributed by atoms with van der Waals surface area (Å²) in [7, 11) is 2.14. The first-order valence-corrected chi connectivity index (χ1v) is 8.66. The predicted octanol–water partition coefficient (Wildman–Crippen LogP) is 4.56. The number of hydrogen-bond acceptors (Lipinski definition) is 4. The molecule has 0 radical (unpaired) electrons. The van der Waals surface area contributed by atoms with Crippen molar-refractivity contribution in [2.75, 3.05) is 16.8 Å². The molecule has 0 spiro atoms. The Morgan fingerprint density at radius 1 is 1.04 bits per heavy atom. The van der Waals surface area contributed by atoms with Gasteiger partial charge in [0, 0.05) is 31.0 Å². The van der Waals surface area contributed by atoms with Gasteiger partial charge in [-0.2, -0.15) is 0 Å². The molecule has 4 rings (SSSR count). The number of benzene rings is 1. The van der Waals surface area contributed by atoms with Crippen molar-refractivity contribution in [1.82, 2.24) is 9.97 Å². The van der Waals surface area contributed by atoms with Gasteiger partial charge >= 0.3 is 0 Å². The van der Waals surface area contributed by atoms with Gasteiger partial charge < -0.3 is 9.80 Å². The molecule has 0 amide bonds. The summed E-state index contributed by atoms with van der Waals surface area (Å²) < 4.78 is 0. The summed E-state index contributed by atoms with van der Waals surface area (Å²) in [5.74, 6) is 3.10. The Labute approximate surface area is 139 Å². The fourth-order valence-corrected chi connectivity index (χ4v) is 4.05. The van der Waals surface area contributed by atoms with Gasteiger partial charge in [-0.1, -0.05) is 45.9 Å². The summed E-state index contributed by atoms with van der Waals surface area (Å²) >= 11 is 0. The van der Waals surface area contributed by atoms with Gasteiger partial charge in [0.25, 0.3) is 0 Å². The molecule has 0 aliphatic carbocycles. The lowest BCUT2D eigenvalue weighted by Crippen LogP contribution is -2.49. The quantitative estimate of drug-likeness (QED) is 0.773. The fourth-order valence-electron chi connectivity index (χ4n) is 4.05. The molecule has 3 atom stereocenters. The SMILES string of the molecule is CC.CCC1C2N(C)c3nccnc3N2c2ccccc2[C@H]1C. The maximum atomic E-state index is 4.61. The van der Waals surface area contributed by atoms with Crippen molar-refractivity contribution in [3.63, 3.8) is 0 Å². The van der Waals surface area contributed by atoms with Gasteiger partial charge in [0.15, 0.2) is 11.6 Å². The Balaban J connectivity index is 0.000000753. The van der Waals surface area contributed by atoms with Crippen LogP contribution in [0.15, 0.2) is 36.7 Å². The van der Waals surface area contributed by atoms with Gasteiger partial charge in [0.1, 0.15) is 6.17 Å². The third-order valence-electron chi connectivity index (χ3n) is 5.07. The summed E-state index contributed by atoms with van der Waals surface area (Å²) in [6.07, 6.45) is 5.03. The Bertz CT molecular complexity index is 685. The summed E-state index contributed by atoms with van der Waals surface area (Å²) in [4.78, 5) is 13.8. The van der Waals surface area contributed by atoms with Crippen LogP contribution in [0, 0.1) is 5.92 Å². The van der Waals surface area contributed by atoms with E-state index in [1.165, 1.54) is 11.3 Å². The number of nitrogens with zero attached hydrogens (tertiary/aromatic N) is 4.